The van der Waals surface area contributed by atoms with Gasteiger partial charge in [0.05, 0.1) is 18.2 Å². The molecule has 3 nitrogen and oxygen atoms in total. The molecule has 0 unspecified atom stereocenters. The minimum absolute atomic E-state index is 0.0821. The number of hydrogen-bond donors (Lipinski definition) is 1. The van der Waals surface area contributed by atoms with Gasteiger partial charge in [-0.25, -0.2) is 0 Å². The minimum atomic E-state index is 0.0821. The Hall–Kier alpha value is -0.900. The van der Waals surface area contributed by atoms with Crippen molar-refractivity contribution in [1.29, 1.82) is 0 Å². The monoisotopic (exact) mass is 245 g/mol. The van der Waals surface area contributed by atoms with Gasteiger partial charge < -0.3 is 4.74 Å². The van der Waals surface area contributed by atoms with Crippen molar-refractivity contribution in [2.75, 3.05) is 6.61 Å². The molecule has 1 aliphatic carbocycles. The highest BCUT2D eigenvalue weighted by atomic mass is 16.7. The van der Waals surface area contributed by atoms with Crippen LogP contribution in [0, 0.1) is 5.92 Å². The number of hydrogen-bond acceptors (Lipinski definition) is 3. The quantitative estimate of drug-likeness (QED) is 0.825. The summed E-state index contributed by atoms with van der Waals surface area (Å²) < 4.78 is 6.02. The molecule has 1 aromatic carbocycles. The number of rotatable bonds is 1. The summed E-state index contributed by atoms with van der Waals surface area (Å²) in [6.45, 7) is 0.831. The van der Waals surface area contributed by atoms with Crippen LogP contribution in [0.5, 0.6) is 0 Å². The van der Waals surface area contributed by atoms with Gasteiger partial charge in [0.2, 0.25) is 0 Å². The maximum absolute atomic E-state index is 6.02. The molecule has 2 heterocycles. The SMILES string of the molecule is c1ccc([C@@H]2ON[C@@]34CCCC[C@@H]3OC[C@@H]24)cc1. The van der Waals surface area contributed by atoms with E-state index in [1.54, 1.807) is 0 Å². The summed E-state index contributed by atoms with van der Waals surface area (Å²) in [5.74, 6) is 0.463. The van der Waals surface area contributed by atoms with E-state index in [0.717, 1.165) is 6.61 Å². The largest absolute Gasteiger partial charge is 0.376 e. The first-order chi connectivity index (χ1) is 8.90. The summed E-state index contributed by atoms with van der Waals surface area (Å²) in [6, 6.07) is 10.5. The zero-order valence-electron chi connectivity index (χ0n) is 10.5. The summed E-state index contributed by atoms with van der Waals surface area (Å²) in [7, 11) is 0. The Balaban J connectivity index is 1.67. The predicted molar refractivity (Wildman–Crippen MR) is 67.8 cm³/mol. The molecule has 1 spiro atoms. The average molecular weight is 245 g/mol. The van der Waals surface area contributed by atoms with Crippen molar-refractivity contribution in [3.63, 3.8) is 0 Å². The van der Waals surface area contributed by atoms with Crippen LogP contribution in [-0.4, -0.2) is 18.2 Å². The van der Waals surface area contributed by atoms with Crippen molar-refractivity contribution in [2.45, 2.75) is 43.4 Å². The van der Waals surface area contributed by atoms with Crippen molar-refractivity contribution in [1.82, 2.24) is 5.48 Å². The van der Waals surface area contributed by atoms with E-state index in [4.69, 9.17) is 9.57 Å². The van der Waals surface area contributed by atoms with Crippen molar-refractivity contribution in [3.8, 4) is 0 Å². The van der Waals surface area contributed by atoms with Crippen molar-refractivity contribution < 1.29 is 9.57 Å². The maximum Gasteiger partial charge on any atom is 0.111 e. The molecular weight excluding hydrogens is 226 g/mol. The normalized spacial score (nSPS) is 42.6. The van der Waals surface area contributed by atoms with E-state index in [1.165, 1.54) is 31.2 Å². The molecule has 4 atom stereocenters. The third-order valence-corrected chi connectivity index (χ3v) is 4.89. The molecule has 2 saturated heterocycles. The third kappa shape index (κ3) is 1.41. The van der Waals surface area contributed by atoms with Crippen molar-refractivity contribution >= 4 is 0 Å². The second kappa shape index (κ2) is 4.05. The molecule has 0 aromatic heterocycles. The van der Waals surface area contributed by atoms with Crippen molar-refractivity contribution in [3.05, 3.63) is 35.9 Å². The lowest BCUT2D eigenvalue weighted by molar-refractivity contribution is -0.0567. The molecule has 18 heavy (non-hydrogen) atoms. The van der Waals surface area contributed by atoms with Gasteiger partial charge in [0.25, 0.3) is 0 Å². The van der Waals surface area contributed by atoms with E-state index in [9.17, 15) is 0 Å². The maximum atomic E-state index is 6.02. The van der Waals surface area contributed by atoms with E-state index < -0.39 is 0 Å². The van der Waals surface area contributed by atoms with Gasteiger partial charge >= 0.3 is 0 Å². The van der Waals surface area contributed by atoms with Crippen LogP contribution in [0.2, 0.25) is 0 Å². The van der Waals surface area contributed by atoms with E-state index in [2.05, 4.69) is 35.8 Å². The van der Waals surface area contributed by atoms with Gasteiger partial charge in [-0.05, 0) is 18.4 Å². The molecule has 0 amide bonds. The molecule has 3 aliphatic rings. The summed E-state index contributed by atoms with van der Waals surface area (Å²) >= 11 is 0. The Morgan fingerprint density at radius 2 is 2.06 bits per heavy atom. The zero-order chi connectivity index (χ0) is 12.0. The molecule has 4 rings (SSSR count). The fourth-order valence-electron chi connectivity index (χ4n) is 3.94. The van der Waals surface area contributed by atoms with Crippen molar-refractivity contribution in [2.24, 2.45) is 5.92 Å². The Kier molecular flexibility index (Phi) is 2.47. The lowest BCUT2D eigenvalue weighted by Crippen LogP contribution is -2.52. The van der Waals surface area contributed by atoms with Gasteiger partial charge in [0.15, 0.2) is 0 Å². The predicted octanol–water partition coefficient (Wildman–Crippen LogP) is 2.59. The van der Waals surface area contributed by atoms with E-state index in [0.29, 0.717) is 12.0 Å². The van der Waals surface area contributed by atoms with Gasteiger partial charge in [0.1, 0.15) is 6.10 Å². The third-order valence-electron chi connectivity index (χ3n) is 4.89. The van der Waals surface area contributed by atoms with E-state index >= 15 is 0 Å². The molecule has 3 heteroatoms. The van der Waals surface area contributed by atoms with Gasteiger partial charge in [0, 0.05) is 5.92 Å². The zero-order valence-corrected chi connectivity index (χ0v) is 10.5. The second-order valence-electron chi connectivity index (χ2n) is 5.77. The number of nitrogens with one attached hydrogen (secondary N) is 1. The Labute approximate surface area is 107 Å². The minimum Gasteiger partial charge on any atom is -0.376 e. The van der Waals surface area contributed by atoms with Crippen LogP contribution in [0.25, 0.3) is 0 Å². The molecule has 2 aliphatic heterocycles. The number of hydroxylamine groups is 1. The van der Waals surface area contributed by atoms with Crippen LogP contribution in [0.3, 0.4) is 0 Å². The summed E-state index contributed by atoms with van der Waals surface area (Å²) in [4.78, 5) is 5.94. The smallest absolute Gasteiger partial charge is 0.111 e. The molecule has 1 aromatic rings. The molecule has 96 valence electrons. The lowest BCUT2D eigenvalue weighted by Gasteiger charge is -2.36. The van der Waals surface area contributed by atoms with Crippen LogP contribution in [0.15, 0.2) is 30.3 Å². The second-order valence-corrected chi connectivity index (χ2v) is 5.77. The van der Waals surface area contributed by atoms with Gasteiger partial charge in [-0.2, -0.15) is 5.48 Å². The number of benzene rings is 1. The molecular formula is C15H19NO2. The van der Waals surface area contributed by atoms with Gasteiger partial charge in [-0.1, -0.05) is 43.2 Å². The lowest BCUT2D eigenvalue weighted by atomic mass is 9.71. The summed E-state index contributed by atoms with van der Waals surface area (Å²) in [6.07, 6.45) is 5.43. The first-order valence-electron chi connectivity index (χ1n) is 6.99. The van der Waals surface area contributed by atoms with Gasteiger partial charge in [-0.15, -0.1) is 0 Å². The molecule has 3 fully saturated rings. The van der Waals surface area contributed by atoms with E-state index in [-0.39, 0.29) is 11.6 Å². The van der Waals surface area contributed by atoms with Gasteiger partial charge in [-0.3, -0.25) is 4.84 Å². The van der Waals surface area contributed by atoms with Crippen LogP contribution < -0.4 is 5.48 Å². The highest BCUT2D eigenvalue weighted by Crippen LogP contribution is 2.51. The standard InChI is InChI=1S/C15H19NO2/c1-2-6-11(7-3-1)14-12-10-17-13-8-4-5-9-15(12,13)16-18-14/h1-3,6-7,12-14,16H,4-5,8-10H2/t12-,13-,14-,15+/m0/s1. The highest BCUT2D eigenvalue weighted by Gasteiger charge is 2.59. The van der Waals surface area contributed by atoms with Crippen LogP contribution >= 0.6 is 0 Å². The highest BCUT2D eigenvalue weighted by molar-refractivity contribution is 5.23. The topological polar surface area (TPSA) is 30.5 Å². The van der Waals surface area contributed by atoms with Crippen LogP contribution in [0.4, 0.5) is 0 Å². The summed E-state index contributed by atoms with van der Waals surface area (Å²) in [5, 5.41) is 0. The molecule has 1 N–H and O–H groups in total. The van der Waals surface area contributed by atoms with E-state index in [1.807, 2.05) is 0 Å². The fraction of sp³-hybridized carbons (Fsp3) is 0.600. The fourth-order valence-corrected chi connectivity index (χ4v) is 3.94. The summed E-state index contributed by atoms with van der Waals surface area (Å²) in [5.41, 5.74) is 4.71. The average Bonchev–Trinajstić information content (AvgIpc) is 2.95. The Bertz CT molecular complexity index is 435. The first kappa shape index (κ1) is 11.0. The molecule has 0 bridgehead atoms. The Morgan fingerprint density at radius 3 is 2.94 bits per heavy atom. The Morgan fingerprint density at radius 1 is 1.17 bits per heavy atom. The first-order valence-corrected chi connectivity index (χ1v) is 6.99. The molecule has 0 radical (unpaired) electrons. The van der Waals surface area contributed by atoms with Crippen LogP contribution in [0.1, 0.15) is 37.4 Å². The number of ether oxygens (including phenoxy) is 1. The van der Waals surface area contributed by atoms with Crippen LogP contribution in [-0.2, 0) is 9.57 Å². The molecule has 1 saturated carbocycles.